The van der Waals surface area contributed by atoms with E-state index in [-0.39, 0.29) is 5.41 Å². The van der Waals surface area contributed by atoms with Crippen molar-refractivity contribution in [3.63, 3.8) is 0 Å². The van der Waals surface area contributed by atoms with E-state index in [0.717, 1.165) is 10.8 Å². The molecule has 0 aliphatic rings. The van der Waals surface area contributed by atoms with Crippen LogP contribution in [0.25, 0.3) is 0 Å². The van der Waals surface area contributed by atoms with Crippen LogP contribution in [-0.2, 0) is 12.0 Å². The van der Waals surface area contributed by atoms with E-state index in [0.29, 0.717) is 11.1 Å². The van der Waals surface area contributed by atoms with E-state index < -0.39 is 0 Å². The molecule has 0 saturated carbocycles. The molecule has 2 rings (SSSR count). The van der Waals surface area contributed by atoms with Gasteiger partial charge in [-0.15, -0.1) is 10.2 Å². The second-order valence-corrected chi connectivity index (χ2v) is 6.66. The maximum Gasteiger partial charge on any atom is 0.207 e. The number of benzene rings is 1. The summed E-state index contributed by atoms with van der Waals surface area (Å²) < 4.78 is 6.13. The second kappa shape index (κ2) is 5.24. The Bertz CT molecular complexity index is 534. The molecule has 5 heteroatoms. The second-order valence-electron chi connectivity index (χ2n) is 5.02. The van der Waals surface area contributed by atoms with Gasteiger partial charge in [0.05, 0.1) is 0 Å². The van der Waals surface area contributed by atoms with Gasteiger partial charge in [0, 0.05) is 0 Å². The van der Waals surface area contributed by atoms with Crippen molar-refractivity contribution in [1.29, 1.82) is 0 Å². The highest BCUT2D eigenvalue weighted by Gasteiger charge is 2.14. The molecule has 0 unspecified atom stereocenters. The Kier molecular flexibility index (Phi) is 3.88. The van der Waals surface area contributed by atoms with Crippen LogP contribution in [0.5, 0.6) is 5.75 Å². The predicted octanol–water partition coefficient (Wildman–Crippen LogP) is 4.07. The monoisotopic (exact) mass is 282 g/mol. The molecule has 0 atom stereocenters. The molecule has 0 amide bonds. The van der Waals surface area contributed by atoms with Gasteiger partial charge in [0.2, 0.25) is 4.47 Å². The minimum absolute atomic E-state index is 0.116. The van der Waals surface area contributed by atoms with Crippen molar-refractivity contribution in [2.24, 2.45) is 0 Å². The summed E-state index contributed by atoms with van der Waals surface area (Å²) >= 11 is 7.05. The number of hydrogen-bond acceptors (Lipinski definition) is 4. The molecule has 96 valence electrons. The highest BCUT2D eigenvalue weighted by molar-refractivity contribution is 7.15. The highest BCUT2D eigenvalue weighted by atomic mass is 35.5. The van der Waals surface area contributed by atoms with Gasteiger partial charge >= 0.3 is 0 Å². The lowest BCUT2D eigenvalue weighted by molar-refractivity contribution is 0.303. The fourth-order valence-corrected chi connectivity index (χ4v) is 2.27. The maximum absolute atomic E-state index is 5.72. The first-order valence-electron chi connectivity index (χ1n) is 5.66. The first kappa shape index (κ1) is 13.3. The molecule has 1 aromatic heterocycles. The van der Waals surface area contributed by atoms with Crippen molar-refractivity contribution in [3.8, 4) is 5.75 Å². The summed E-state index contributed by atoms with van der Waals surface area (Å²) in [6.45, 7) is 6.93. The number of hydrogen-bond donors (Lipinski definition) is 0. The van der Waals surface area contributed by atoms with Crippen LogP contribution in [0.1, 0.15) is 31.3 Å². The van der Waals surface area contributed by atoms with E-state index in [2.05, 4.69) is 43.1 Å². The average molecular weight is 283 g/mol. The standard InChI is InChI=1S/C13H15ClN2OS/c1-13(2,3)9-5-4-6-10(7-9)17-8-11-15-16-12(14)18-11/h4-7H,8H2,1-3H3. The first-order chi connectivity index (χ1) is 8.45. The number of rotatable bonds is 3. The van der Waals surface area contributed by atoms with E-state index in [1.165, 1.54) is 16.9 Å². The van der Waals surface area contributed by atoms with Crippen LogP contribution >= 0.6 is 22.9 Å². The van der Waals surface area contributed by atoms with Crippen LogP contribution in [0.4, 0.5) is 0 Å². The minimum Gasteiger partial charge on any atom is -0.486 e. The van der Waals surface area contributed by atoms with E-state index >= 15 is 0 Å². The number of ether oxygens (including phenoxy) is 1. The number of halogens is 1. The normalized spacial score (nSPS) is 11.6. The molecular formula is C13H15ClN2OS. The van der Waals surface area contributed by atoms with Crippen molar-refractivity contribution in [1.82, 2.24) is 10.2 Å². The quantitative estimate of drug-likeness (QED) is 0.851. The molecule has 0 fully saturated rings. The summed E-state index contributed by atoms with van der Waals surface area (Å²) in [6.07, 6.45) is 0. The van der Waals surface area contributed by atoms with Crippen molar-refractivity contribution >= 4 is 22.9 Å². The maximum atomic E-state index is 5.72. The smallest absolute Gasteiger partial charge is 0.207 e. The summed E-state index contributed by atoms with van der Waals surface area (Å²) in [5, 5.41) is 8.43. The molecule has 2 aromatic rings. The summed E-state index contributed by atoms with van der Waals surface area (Å²) in [4.78, 5) is 0. The topological polar surface area (TPSA) is 35.0 Å². The molecule has 0 N–H and O–H groups in total. The van der Waals surface area contributed by atoms with E-state index in [1.807, 2.05) is 12.1 Å². The molecule has 0 saturated heterocycles. The third-order valence-corrected chi connectivity index (χ3v) is 3.50. The largest absolute Gasteiger partial charge is 0.486 e. The molecule has 0 radical (unpaired) electrons. The first-order valence-corrected chi connectivity index (χ1v) is 6.86. The highest BCUT2D eigenvalue weighted by Crippen LogP contribution is 2.26. The Balaban J connectivity index is 2.06. The molecular weight excluding hydrogens is 268 g/mol. The summed E-state index contributed by atoms with van der Waals surface area (Å²) in [7, 11) is 0. The fraction of sp³-hybridized carbons (Fsp3) is 0.385. The third-order valence-electron chi connectivity index (χ3n) is 2.50. The number of aromatic nitrogens is 2. The van der Waals surface area contributed by atoms with Gasteiger partial charge in [0.1, 0.15) is 12.4 Å². The van der Waals surface area contributed by atoms with Gasteiger partial charge in [-0.25, -0.2) is 0 Å². The Morgan fingerprint density at radius 1 is 1.28 bits per heavy atom. The lowest BCUT2D eigenvalue weighted by Crippen LogP contribution is -2.10. The molecule has 0 spiro atoms. The Morgan fingerprint density at radius 2 is 2.06 bits per heavy atom. The van der Waals surface area contributed by atoms with Gasteiger partial charge in [0.15, 0.2) is 5.01 Å². The van der Waals surface area contributed by atoms with E-state index in [1.54, 1.807) is 0 Å². The van der Waals surface area contributed by atoms with Crippen molar-refractivity contribution < 1.29 is 4.74 Å². The van der Waals surface area contributed by atoms with Gasteiger partial charge in [0.25, 0.3) is 0 Å². The van der Waals surface area contributed by atoms with Gasteiger partial charge in [-0.05, 0) is 34.7 Å². The SMILES string of the molecule is CC(C)(C)c1cccc(OCc2nnc(Cl)s2)c1. The average Bonchev–Trinajstić information content (AvgIpc) is 2.72. The molecule has 0 aliphatic heterocycles. The zero-order valence-corrected chi connectivity index (χ0v) is 12.2. The van der Waals surface area contributed by atoms with Gasteiger partial charge < -0.3 is 4.74 Å². The Hall–Kier alpha value is -1.13. The fourth-order valence-electron chi connectivity index (χ4n) is 1.49. The van der Waals surface area contributed by atoms with Crippen molar-refractivity contribution in [3.05, 3.63) is 39.3 Å². The molecule has 1 aromatic carbocycles. The Labute approximate surface area is 116 Å². The molecule has 3 nitrogen and oxygen atoms in total. The van der Waals surface area contributed by atoms with Crippen LogP contribution in [0.2, 0.25) is 4.47 Å². The summed E-state index contributed by atoms with van der Waals surface area (Å²) in [5.74, 6) is 0.841. The zero-order valence-electron chi connectivity index (χ0n) is 10.6. The van der Waals surface area contributed by atoms with Crippen LogP contribution in [0.3, 0.4) is 0 Å². The number of nitrogens with zero attached hydrogens (tertiary/aromatic N) is 2. The summed E-state index contributed by atoms with van der Waals surface area (Å²) in [5.41, 5.74) is 1.36. The van der Waals surface area contributed by atoms with Crippen LogP contribution in [0, 0.1) is 0 Å². The molecule has 18 heavy (non-hydrogen) atoms. The van der Waals surface area contributed by atoms with E-state index in [4.69, 9.17) is 16.3 Å². The van der Waals surface area contributed by atoms with E-state index in [9.17, 15) is 0 Å². The van der Waals surface area contributed by atoms with Gasteiger partial charge in [-0.2, -0.15) is 0 Å². The summed E-state index contributed by atoms with van der Waals surface area (Å²) in [6, 6.07) is 8.11. The molecule has 1 heterocycles. The predicted molar refractivity (Wildman–Crippen MR) is 74.4 cm³/mol. The molecule has 0 aliphatic carbocycles. The minimum atomic E-state index is 0.116. The van der Waals surface area contributed by atoms with Crippen molar-refractivity contribution in [2.45, 2.75) is 32.8 Å². The Morgan fingerprint density at radius 3 is 2.67 bits per heavy atom. The van der Waals surface area contributed by atoms with Gasteiger partial charge in [-0.1, -0.05) is 44.2 Å². The molecule has 0 bridgehead atoms. The third kappa shape index (κ3) is 3.43. The van der Waals surface area contributed by atoms with Crippen molar-refractivity contribution in [2.75, 3.05) is 0 Å². The van der Waals surface area contributed by atoms with Crippen LogP contribution in [-0.4, -0.2) is 10.2 Å². The van der Waals surface area contributed by atoms with Crippen LogP contribution < -0.4 is 4.74 Å². The lowest BCUT2D eigenvalue weighted by Gasteiger charge is -2.19. The van der Waals surface area contributed by atoms with Gasteiger partial charge in [-0.3, -0.25) is 0 Å². The zero-order chi connectivity index (χ0) is 13.2. The lowest BCUT2D eigenvalue weighted by atomic mass is 9.87. The van der Waals surface area contributed by atoms with Crippen LogP contribution in [0.15, 0.2) is 24.3 Å².